The molecule has 0 aliphatic rings. The summed E-state index contributed by atoms with van der Waals surface area (Å²) >= 11 is 1.86. The number of para-hydroxylation sites is 1. The number of pyridine rings is 3. The van der Waals surface area contributed by atoms with Crippen molar-refractivity contribution in [3.8, 4) is 33.8 Å². The number of aromatic nitrogens is 3. The van der Waals surface area contributed by atoms with E-state index in [1.807, 2.05) is 17.4 Å². The summed E-state index contributed by atoms with van der Waals surface area (Å²) in [5.41, 5.74) is 9.11. The van der Waals surface area contributed by atoms with Crippen molar-refractivity contribution in [3.05, 3.63) is 152 Å². The number of benzene rings is 6. The minimum atomic E-state index is 0.923. The van der Waals surface area contributed by atoms with E-state index in [4.69, 9.17) is 15.0 Å². The Bertz CT molecular complexity index is 2840. The van der Waals surface area contributed by atoms with Crippen molar-refractivity contribution in [2.75, 3.05) is 0 Å². The van der Waals surface area contributed by atoms with Crippen LogP contribution in [0, 0.1) is 0 Å². The molecule has 0 aliphatic heterocycles. The van der Waals surface area contributed by atoms with Gasteiger partial charge in [-0.05, 0) is 30.3 Å². The molecule has 6 aromatic carbocycles. The van der Waals surface area contributed by atoms with Crippen molar-refractivity contribution < 1.29 is 0 Å². The van der Waals surface area contributed by atoms with Crippen LogP contribution < -0.4 is 0 Å². The third-order valence-electron chi connectivity index (χ3n) is 9.23. The molecule has 0 unspecified atom stereocenters. The van der Waals surface area contributed by atoms with E-state index >= 15 is 0 Å². The average Bonchev–Trinajstić information content (AvgIpc) is 3.53. The van der Waals surface area contributed by atoms with Crippen LogP contribution in [0.5, 0.6) is 0 Å². The summed E-state index contributed by atoms with van der Waals surface area (Å²) < 4.78 is 2.55. The monoisotopic (exact) mass is 615 g/mol. The zero-order chi connectivity index (χ0) is 30.9. The molecule has 3 nitrogen and oxygen atoms in total. The maximum atomic E-state index is 5.25. The topological polar surface area (TPSA) is 38.7 Å². The molecule has 4 heteroatoms. The first-order valence-electron chi connectivity index (χ1n) is 15.8. The summed E-state index contributed by atoms with van der Waals surface area (Å²) in [4.78, 5) is 15.5. The summed E-state index contributed by atoms with van der Waals surface area (Å²) in [6, 6.07) is 53.5. The third-order valence-corrected chi connectivity index (χ3v) is 10.4. The van der Waals surface area contributed by atoms with Gasteiger partial charge in [0, 0.05) is 63.8 Å². The highest BCUT2D eigenvalue weighted by Crippen LogP contribution is 2.44. The van der Waals surface area contributed by atoms with Crippen LogP contribution in [0.15, 0.2) is 152 Å². The molecule has 0 atom stereocenters. The molecule has 4 aromatic heterocycles. The Morgan fingerprint density at radius 1 is 0.404 bits per heavy atom. The first kappa shape index (κ1) is 26.3. The Hall–Kier alpha value is -5.97. The Kier molecular flexibility index (Phi) is 5.74. The predicted molar refractivity (Wildman–Crippen MR) is 199 cm³/mol. The number of hydrogen-bond donors (Lipinski definition) is 0. The zero-order valence-corrected chi connectivity index (χ0v) is 26.0. The molecule has 0 bridgehead atoms. The van der Waals surface area contributed by atoms with E-state index in [-0.39, 0.29) is 0 Å². The van der Waals surface area contributed by atoms with Gasteiger partial charge in [0.1, 0.15) is 0 Å². The molecule has 0 saturated heterocycles. The fourth-order valence-corrected chi connectivity index (χ4v) is 8.19. The maximum Gasteiger partial charge on any atom is 0.0972 e. The van der Waals surface area contributed by atoms with Crippen LogP contribution in [0.25, 0.3) is 97.4 Å². The fourth-order valence-electron chi connectivity index (χ4n) is 6.94. The SMILES string of the molecule is c1ccc(-c2ccc3ccc4ccc(-c5ccc6sc7c(ccc8c(-c9ccccc9)nc9ccccc9c87)c6c5)nc4c3n2)cc1. The number of hydrogen-bond acceptors (Lipinski definition) is 4. The molecule has 0 saturated carbocycles. The first-order chi connectivity index (χ1) is 23.3. The second-order valence-corrected chi connectivity index (χ2v) is 13.0. The van der Waals surface area contributed by atoms with Gasteiger partial charge >= 0.3 is 0 Å². The van der Waals surface area contributed by atoms with Gasteiger partial charge in [0.15, 0.2) is 0 Å². The summed E-state index contributed by atoms with van der Waals surface area (Å²) in [5.74, 6) is 0. The molecule has 218 valence electrons. The number of nitrogens with zero attached hydrogens (tertiary/aromatic N) is 3. The second-order valence-electron chi connectivity index (χ2n) is 12.0. The molecular formula is C43H25N3S. The van der Waals surface area contributed by atoms with Crippen LogP contribution >= 0.6 is 11.3 Å². The molecule has 0 fully saturated rings. The standard InChI is InChI=1S/C43H25N3S/c1-3-9-26(10-4-1)35-22-17-28-15-16-29-18-23-36(45-42(29)41(28)44-35)30-19-24-38-34(25-30)31-20-21-33-39(43(31)47-38)32-13-7-8-14-37(32)46-40(33)27-11-5-2-6-12-27/h1-25H. The van der Waals surface area contributed by atoms with Gasteiger partial charge in [-0.2, -0.15) is 0 Å². The molecule has 47 heavy (non-hydrogen) atoms. The molecule has 0 amide bonds. The minimum absolute atomic E-state index is 0.923. The second kappa shape index (κ2) is 10.3. The van der Waals surface area contributed by atoms with E-state index in [0.29, 0.717) is 0 Å². The molecule has 0 radical (unpaired) electrons. The highest BCUT2D eigenvalue weighted by atomic mass is 32.1. The van der Waals surface area contributed by atoms with Crippen LogP contribution in [-0.2, 0) is 0 Å². The van der Waals surface area contributed by atoms with Gasteiger partial charge < -0.3 is 0 Å². The van der Waals surface area contributed by atoms with E-state index in [2.05, 4.69) is 146 Å². The number of thiophene rings is 1. The summed E-state index contributed by atoms with van der Waals surface area (Å²) in [5, 5.41) is 8.31. The average molecular weight is 616 g/mol. The zero-order valence-electron chi connectivity index (χ0n) is 25.2. The van der Waals surface area contributed by atoms with Gasteiger partial charge in [0.2, 0.25) is 0 Å². The van der Waals surface area contributed by atoms with E-state index < -0.39 is 0 Å². The summed E-state index contributed by atoms with van der Waals surface area (Å²) in [6.07, 6.45) is 0. The minimum Gasteiger partial charge on any atom is -0.247 e. The highest BCUT2D eigenvalue weighted by Gasteiger charge is 2.17. The van der Waals surface area contributed by atoms with Crippen LogP contribution in [0.3, 0.4) is 0 Å². The fraction of sp³-hybridized carbons (Fsp3) is 0. The van der Waals surface area contributed by atoms with Crippen molar-refractivity contribution >= 4 is 75.0 Å². The van der Waals surface area contributed by atoms with Crippen molar-refractivity contribution in [2.45, 2.75) is 0 Å². The first-order valence-corrected chi connectivity index (χ1v) is 16.6. The van der Waals surface area contributed by atoms with Crippen molar-refractivity contribution in [1.29, 1.82) is 0 Å². The Morgan fingerprint density at radius 2 is 1.02 bits per heavy atom. The quantitative estimate of drug-likeness (QED) is 0.186. The smallest absolute Gasteiger partial charge is 0.0972 e. The van der Waals surface area contributed by atoms with Gasteiger partial charge in [0.05, 0.1) is 33.6 Å². The van der Waals surface area contributed by atoms with E-state index in [9.17, 15) is 0 Å². The summed E-state index contributed by atoms with van der Waals surface area (Å²) in [7, 11) is 0. The van der Waals surface area contributed by atoms with E-state index in [1.165, 1.54) is 36.3 Å². The number of rotatable bonds is 3. The molecule has 10 aromatic rings. The summed E-state index contributed by atoms with van der Waals surface area (Å²) in [6.45, 7) is 0. The van der Waals surface area contributed by atoms with Gasteiger partial charge in [-0.25, -0.2) is 15.0 Å². The van der Waals surface area contributed by atoms with Gasteiger partial charge in [-0.1, -0.05) is 121 Å². The maximum absolute atomic E-state index is 5.25. The van der Waals surface area contributed by atoms with Crippen molar-refractivity contribution in [1.82, 2.24) is 15.0 Å². The Balaban J connectivity index is 1.18. The van der Waals surface area contributed by atoms with Crippen LogP contribution in [0.4, 0.5) is 0 Å². The molecule has 0 aliphatic carbocycles. The lowest BCUT2D eigenvalue weighted by Gasteiger charge is -2.11. The normalized spacial score (nSPS) is 11.8. The highest BCUT2D eigenvalue weighted by molar-refractivity contribution is 7.26. The van der Waals surface area contributed by atoms with Crippen LogP contribution in [0.2, 0.25) is 0 Å². The van der Waals surface area contributed by atoms with Gasteiger partial charge in [-0.3, -0.25) is 0 Å². The van der Waals surface area contributed by atoms with Crippen molar-refractivity contribution in [3.63, 3.8) is 0 Å². The largest absolute Gasteiger partial charge is 0.247 e. The Morgan fingerprint density at radius 3 is 1.77 bits per heavy atom. The predicted octanol–water partition coefficient (Wildman–Crippen LogP) is 11.9. The van der Waals surface area contributed by atoms with Crippen molar-refractivity contribution in [2.24, 2.45) is 0 Å². The molecular weight excluding hydrogens is 591 g/mol. The lowest BCUT2D eigenvalue weighted by atomic mass is 9.97. The van der Waals surface area contributed by atoms with E-state index in [1.54, 1.807) is 0 Å². The Labute approximate surface area is 274 Å². The lowest BCUT2D eigenvalue weighted by molar-refractivity contribution is 1.37. The number of fused-ring (bicyclic) bond motifs is 10. The van der Waals surface area contributed by atoms with Crippen LogP contribution in [0.1, 0.15) is 0 Å². The third kappa shape index (κ3) is 4.16. The molecule has 0 N–H and O–H groups in total. The molecule has 0 spiro atoms. The van der Waals surface area contributed by atoms with Gasteiger partial charge in [-0.15, -0.1) is 11.3 Å². The van der Waals surface area contributed by atoms with E-state index in [0.717, 1.165) is 61.1 Å². The van der Waals surface area contributed by atoms with Crippen LogP contribution in [-0.4, -0.2) is 15.0 Å². The lowest BCUT2D eigenvalue weighted by Crippen LogP contribution is -1.91. The molecule has 10 rings (SSSR count). The van der Waals surface area contributed by atoms with Gasteiger partial charge in [0.25, 0.3) is 0 Å². The molecule has 4 heterocycles.